The second kappa shape index (κ2) is 6.30. The minimum atomic E-state index is -0.508. The summed E-state index contributed by atoms with van der Waals surface area (Å²) in [6.07, 6.45) is 0. The average molecular weight is 272 g/mol. The highest BCUT2D eigenvalue weighted by Gasteiger charge is 2.11. The number of carbonyl (C=O) groups is 1. The molecule has 0 aromatic heterocycles. The topological polar surface area (TPSA) is 55.1 Å². The summed E-state index contributed by atoms with van der Waals surface area (Å²) in [4.78, 5) is 11.9. The first-order valence-electron chi connectivity index (χ1n) is 6.42. The van der Waals surface area contributed by atoms with Crippen molar-refractivity contribution in [3.63, 3.8) is 0 Å². The Bertz CT molecular complexity index is 608. The smallest absolute Gasteiger partial charge is 0.254 e. The number of carbonyl (C=O) groups excluding carboxylic acids is 1. The number of hydrogen-bond acceptors (Lipinski definition) is 2. The van der Waals surface area contributed by atoms with E-state index in [2.05, 4.69) is 5.32 Å². The molecule has 0 aliphatic carbocycles. The molecule has 3 nitrogen and oxygen atoms in total. The number of benzene rings is 2. The summed E-state index contributed by atoms with van der Waals surface area (Å²) < 4.78 is 13.6. The van der Waals surface area contributed by atoms with Crippen LogP contribution in [0, 0.1) is 12.7 Å². The maximum Gasteiger partial charge on any atom is 0.254 e. The van der Waals surface area contributed by atoms with Gasteiger partial charge in [0, 0.05) is 13.1 Å². The van der Waals surface area contributed by atoms with Gasteiger partial charge in [0.25, 0.3) is 5.91 Å². The van der Waals surface area contributed by atoms with E-state index in [0.717, 1.165) is 16.7 Å². The number of hydrogen-bond donors (Lipinski definition) is 2. The number of nitrogens with two attached hydrogens (primary N) is 1. The van der Waals surface area contributed by atoms with Gasteiger partial charge in [-0.2, -0.15) is 0 Å². The molecule has 0 heterocycles. The van der Waals surface area contributed by atoms with E-state index in [-0.39, 0.29) is 5.56 Å². The van der Waals surface area contributed by atoms with Crippen molar-refractivity contribution >= 4 is 5.91 Å². The Balaban J connectivity index is 2.02. The number of amides is 1. The zero-order chi connectivity index (χ0) is 14.5. The molecule has 2 aromatic carbocycles. The summed E-state index contributed by atoms with van der Waals surface area (Å²) in [6.45, 7) is 2.67. The Kier molecular flexibility index (Phi) is 4.48. The molecule has 0 spiro atoms. The van der Waals surface area contributed by atoms with E-state index in [1.54, 1.807) is 12.1 Å². The molecule has 0 aliphatic heterocycles. The monoisotopic (exact) mass is 272 g/mol. The molecule has 2 rings (SSSR count). The first-order valence-corrected chi connectivity index (χ1v) is 6.42. The van der Waals surface area contributed by atoms with Gasteiger partial charge in [-0.3, -0.25) is 4.79 Å². The zero-order valence-corrected chi connectivity index (χ0v) is 11.3. The molecule has 0 fully saturated rings. The lowest BCUT2D eigenvalue weighted by Gasteiger charge is -2.07. The van der Waals surface area contributed by atoms with Gasteiger partial charge in [0.2, 0.25) is 0 Å². The molecular weight excluding hydrogens is 255 g/mol. The largest absolute Gasteiger partial charge is 0.348 e. The van der Waals surface area contributed by atoms with Crippen molar-refractivity contribution in [1.82, 2.24) is 5.32 Å². The minimum absolute atomic E-state index is 0.0728. The van der Waals surface area contributed by atoms with Gasteiger partial charge in [-0.15, -0.1) is 0 Å². The van der Waals surface area contributed by atoms with E-state index in [9.17, 15) is 9.18 Å². The summed E-state index contributed by atoms with van der Waals surface area (Å²) in [7, 11) is 0. The highest BCUT2D eigenvalue weighted by molar-refractivity contribution is 5.94. The van der Waals surface area contributed by atoms with Gasteiger partial charge < -0.3 is 11.1 Å². The molecule has 1 amide bonds. The van der Waals surface area contributed by atoms with Crippen LogP contribution < -0.4 is 11.1 Å². The highest BCUT2D eigenvalue weighted by atomic mass is 19.1. The molecule has 0 aliphatic rings. The number of nitrogens with one attached hydrogen (secondary N) is 1. The van der Waals surface area contributed by atoms with Gasteiger partial charge in [-0.05, 0) is 30.2 Å². The summed E-state index contributed by atoms with van der Waals surface area (Å²) in [5.41, 5.74) is 8.42. The van der Waals surface area contributed by atoms with Crippen molar-refractivity contribution in [1.29, 1.82) is 0 Å². The van der Waals surface area contributed by atoms with Crippen LogP contribution >= 0.6 is 0 Å². The summed E-state index contributed by atoms with van der Waals surface area (Å²) in [5, 5.41) is 2.71. The molecule has 4 heteroatoms. The van der Waals surface area contributed by atoms with E-state index in [0.29, 0.717) is 13.1 Å². The normalized spacial score (nSPS) is 10.3. The second-order valence-electron chi connectivity index (χ2n) is 4.69. The van der Waals surface area contributed by atoms with Crippen LogP contribution in [-0.4, -0.2) is 5.91 Å². The van der Waals surface area contributed by atoms with Crippen molar-refractivity contribution < 1.29 is 9.18 Å². The third-order valence-electron chi connectivity index (χ3n) is 3.08. The molecule has 0 saturated carbocycles. The molecule has 104 valence electrons. The van der Waals surface area contributed by atoms with Gasteiger partial charge >= 0.3 is 0 Å². The van der Waals surface area contributed by atoms with E-state index < -0.39 is 11.7 Å². The maximum absolute atomic E-state index is 13.6. The van der Waals surface area contributed by atoms with E-state index in [1.165, 1.54) is 6.07 Å². The number of halogens is 1. The standard InChI is InChI=1S/C16H17FN2O/c1-11-2-7-15(17)14(8-11)16(20)19-10-13-5-3-12(9-18)4-6-13/h2-8H,9-10,18H2,1H3,(H,19,20). The third kappa shape index (κ3) is 3.42. The molecule has 0 saturated heterocycles. The lowest BCUT2D eigenvalue weighted by molar-refractivity contribution is 0.0947. The van der Waals surface area contributed by atoms with Crippen LogP contribution in [0.5, 0.6) is 0 Å². The van der Waals surface area contributed by atoms with Crippen LogP contribution in [0.1, 0.15) is 27.0 Å². The Morgan fingerprint density at radius 2 is 1.80 bits per heavy atom. The second-order valence-corrected chi connectivity index (χ2v) is 4.69. The quantitative estimate of drug-likeness (QED) is 0.898. The van der Waals surface area contributed by atoms with Gasteiger partial charge in [-0.1, -0.05) is 35.9 Å². The molecule has 0 atom stereocenters. The predicted molar refractivity (Wildman–Crippen MR) is 76.6 cm³/mol. The molecule has 0 radical (unpaired) electrons. The fourth-order valence-electron chi connectivity index (χ4n) is 1.88. The van der Waals surface area contributed by atoms with Gasteiger partial charge in [0.05, 0.1) is 5.56 Å². The van der Waals surface area contributed by atoms with Crippen molar-refractivity contribution in [3.8, 4) is 0 Å². The minimum Gasteiger partial charge on any atom is -0.348 e. The zero-order valence-electron chi connectivity index (χ0n) is 11.3. The third-order valence-corrected chi connectivity index (χ3v) is 3.08. The van der Waals surface area contributed by atoms with E-state index >= 15 is 0 Å². The lowest BCUT2D eigenvalue weighted by Crippen LogP contribution is -2.24. The van der Waals surface area contributed by atoms with Crippen molar-refractivity contribution in [3.05, 3.63) is 70.5 Å². The Morgan fingerprint density at radius 3 is 2.45 bits per heavy atom. The molecule has 2 aromatic rings. The predicted octanol–water partition coefficient (Wildman–Crippen LogP) is 2.52. The molecule has 0 bridgehead atoms. The fourth-order valence-corrected chi connectivity index (χ4v) is 1.88. The van der Waals surface area contributed by atoms with Gasteiger partial charge in [0.1, 0.15) is 5.82 Å². The molecule has 3 N–H and O–H groups in total. The Hall–Kier alpha value is -2.20. The van der Waals surface area contributed by atoms with Gasteiger partial charge in [-0.25, -0.2) is 4.39 Å². The van der Waals surface area contributed by atoms with E-state index in [4.69, 9.17) is 5.73 Å². The summed E-state index contributed by atoms with van der Waals surface area (Å²) in [5.74, 6) is -0.916. The van der Waals surface area contributed by atoms with Gasteiger partial charge in [0.15, 0.2) is 0 Å². The van der Waals surface area contributed by atoms with Crippen molar-refractivity contribution in [2.24, 2.45) is 5.73 Å². The van der Waals surface area contributed by atoms with Crippen LogP contribution in [0.15, 0.2) is 42.5 Å². The molecule has 20 heavy (non-hydrogen) atoms. The fraction of sp³-hybridized carbons (Fsp3) is 0.188. The number of rotatable bonds is 4. The van der Waals surface area contributed by atoms with Crippen LogP contribution in [0.4, 0.5) is 4.39 Å². The highest BCUT2D eigenvalue weighted by Crippen LogP contribution is 2.10. The first-order chi connectivity index (χ1) is 9.60. The number of aryl methyl sites for hydroxylation is 1. The van der Waals surface area contributed by atoms with Crippen LogP contribution in [0.3, 0.4) is 0 Å². The van der Waals surface area contributed by atoms with Crippen LogP contribution in [-0.2, 0) is 13.1 Å². The maximum atomic E-state index is 13.6. The van der Waals surface area contributed by atoms with Crippen molar-refractivity contribution in [2.45, 2.75) is 20.0 Å². The summed E-state index contributed by atoms with van der Waals surface area (Å²) >= 11 is 0. The lowest BCUT2D eigenvalue weighted by atomic mass is 10.1. The van der Waals surface area contributed by atoms with E-state index in [1.807, 2.05) is 31.2 Å². The average Bonchev–Trinajstić information content (AvgIpc) is 2.47. The Labute approximate surface area is 117 Å². The van der Waals surface area contributed by atoms with Crippen LogP contribution in [0.2, 0.25) is 0 Å². The van der Waals surface area contributed by atoms with Crippen molar-refractivity contribution in [2.75, 3.05) is 0 Å². The first kappa shape index (κ1) is 14.2. The molecular formula is C16H17FN2O. The van der Waals surface area contributed by atoms with Crippen LogP contribution in [0.25, 0.3) is 0 Å². The molecule has 0 unspecified atom stereocenters. The Morgan fingerprint density at radius 1 is 1.15 bits per heavy atom. The summed E-state index contributed by atoms with van der Waals surface area (Å²) in [6, 6.07) is 12.1. The SMILES string of the molecule is Cc1ccc(F)c(C(=O)NCc2ccc(CN)cc2)c1.